The van der Waals surface area contributed by atoms with E-state index in [1.165, 1.54) is 12.8 Å². The van der Waals surface area contributed by atoms with Crippen molar-refractivity contribution in [2.24, 2.45) is 5.92 Å². The van der Waals surface area contributed by atoms with Crippen molar-refractivity contribution >= 4 is 5.91 Å². The highest BCUT2D eigenvalue weighted by Crippen LogP contribution is 2.16. The van der Waals surface area contributed by atoms with Crippen LogP contribution < -0.4 is 10.6 Å². The Bertz CT molecular complexity index is 233. The van der Waals surface area contributed by atoms with E-state index in [0.717, 1.165) is 32.5 Å². The fourth-order valence-corrected chi connectivity index (χ4v) is 2.53. The van der Waals surface area contributed by atoms with Crippen LogP contribution in [0.2, 0.25) is 0 Å². The summed E-state index contributed by atoms with van der Waals surface area (Å²) in [5.74, 6) is 0.648. The smallest absolute Gasteiger partial charge is 0.249 e. The number of carbonyl (C=O) groups excluding carboxylic acids is 1. The van der Waals surface area contributed by atoms with Gasteiger partial charge in [-0.05, 0) is 51.6 Å². The quantitative estimate of drug-likeness (QED) is 0.743. The van der Waals surface area contributed by atoms with Gasteiger partial charge in [0.05, 0.1) is 0 Å². The summed E-state index contributed by atoms with van der Waals surface area (Å²) >= 11 is 0. The number of carbonyl (C=O) groups is 1. The number of nitrogens with one attached hydrogen (secondary N) is 2. The minimum atomic E-state index is -0.195. The molecule has 4 heteroatoms. The molecule has 2 N–H and O–H groups in total. The van der Waals surface area contributed by atoms with E-state index in [2.05, 4.69) is 17.6 Å². The average Bonchev–Trinajstić information content (AvgIpc) is 2.83. The van der Waals surface area contributed by atoms with Gasteiger partial charge in [0.1, 0.15) is 6.10 Å². The van der Waals surface area contributed by atoms with Gasteiger partial charge in [-0.3, -0.25) is 4.79 Å². The molecule has 0 aromatic rings. The van der Waals surface area contributed by atoms with E-state index < -0.39 is 0 Å². The predicted molar refractivity (Wildman–Crippen MR) is 62.2 cm³/mol. The summed E-state index contributed by atoms with van der Waals surface area (Å²) in [6.45, 7) is 4.97. The topological polar surface area (TPSA) is 50.4 Å². The summed E-state index contributed by atoms with van der Waals surface area (Å²) in [7, 11) is 0. The third kappa shape index (κ3) is 2.95. The van der Waals surface area contributed by atoms with E-state index in [0.29, 0.717) is 5.92 Å². The molecule has 2 rings (SSSR count). The van der Waals surface area contributed by atoms with Gasteiger partial charge in [0.25, 0.3) is 0 Å². The maximum absolute atomic E-state index is 11.8. The van der Waals surface area contributed by atoms with Crippen molar-refractivity contribution in [3.05, 3.63) is 0 Å². The second-order valence-electron chi connectivity index (χ2n) is 4.91. The number of ether oxygens (including phenoxy) is 1. The van der Waals surface area contributed by atoms with Gasteiger partial charge in [0, 0.05) is 12.6 Å². The third-order valence-corrected chi connectivity index (χ3v) is 3.63. The Morgan fingerprint density at radius 2 is 2.31 bits per heavy atom. The van der Waals surface area contributed by atoms with Gasteiger partial charge in [-0.15, -0.1) is 0 Å². The Labute approximate surface area is 97.1 Å². The monoisotopic (exact) mass is 226 g/mol. The van der Waals surface area contributed by atoms with Crippen molar-refractivity contribution < 1.29 is 9.53 Å². The molecule has 0 bridgehead atoms. The molecule has 2 saturated heterocycles. The second-order valence-corrected chi connectivity index (χ2v) is 4.91. The predicted octanol–water partition coefficient (Wildman–Crippen LogP) is 0.670. The zero-order valence-electron chi connectivity index (χ0n) is 10.00. The second kappa shape index (κ2) is 5.64. The Kier molecular flexibility index (Phi) is 4.18. The number of rotatable bonds is 3. The molecule has 0 aromatic carbocycles. The van der Waals surface area contributed by atoms with E-state index in [4.69, 9.17) is 4.74 Å². The van der Waals surface area contributed by atoms with E-state index in [1.54, 1.807) is 0 Å². The van der Waals surface area contributed by atoms with Crippen molar-refractivity contribution in [1.82, 2.24) is 10.6 Å². The van der Waals surface area contributed by atoms with Crippen LogP contribution in [0.5, 0.6) is 0 Å². The normalized spacial score (nSPS) is 32.3. The summed E-state index contributed by atoms with van der Waals surface area (Å²) in [6, 6.07) is 0.254. The maximum atomic E-state index is 11.8. The summed E-state index contributed by atoms with van der Waals surface area (Å²) in [6.07, 6.45) is 4.11. The molecule has 2 aliphatic rings. The van der Waals surface area contributed by atoms with Gasteiger partial charge in [-0.1, -0.05) is 0 Å². The van der Waals surface area contributed by atoms with Gasteiger partial charge in [-0.25, -0.2) is 0 Å². The maximum Gasteiger partial charge on any atom is 0.249 e. The molecule has 1 amide bonds. The number of piperidine rings is 1. The van der Waals surface area contributed by atoms with E-state index >= 15 is 0 Å². The lowest BCUT2D eigenvalue weighted by atomic mass is 9.92. The van der Waals surface area contributed by atoms with E-state index in [1.807, 2.05) is 0 Å². The van der Waals surface area contributed by atoms with Crippen LogP contribution in [0.25, 0.3) is 0 Å². The molecule has 2 heterocycles. The van der Waals surface area contributed by atoms with E-state index in [-0.39, 0.29) is 18.1 Å². The first-order valence-electron chi connectivity index (χ1n) is 6.40. The Morgan fingerprint density at radius 1 is 1.44 bits per heavy atom. The molecule has 0 saturated carbocycles. The molecule has 16 heavy (non-hydrogen) atoms. The van der Waals surface area contributed by atoms with Crippen molar-refractivity contribution in [3.63, 3.8) is 0 Å². The fraction of sp³-hybridized carbons (Fsp3) is 0.917. The molecular weight excluding hydrogens is 204 g/mol. The molecule has 0 aliphatic carbocycles. The SMILES string of the molecule is CC(NC(=O)C1CCCO1)C1CCCNC1. The van der Waals surface area contributed by atoms with Crippen LogP contribution in [0.4, 0.5) is 0 Å². The molecule has 3 atom stereocenters. The Morgan fingerprint density at radius 3 is 2.94 bits per heavy atom. The van der Waals surface area contributed by atoms with Crippen LogP contribution in [-0.4, -0.2) is 37.7 Å². The van der Waals surface area contributed by atoms with Crippen LogP contribution in [-0.2, 0) is 9.53 Å². The van der Waals surface area contributed by atoms with Crippen molar-refractivity contribution in [2.45, 2.75) is 44.8 Å². The number of hydrogen-bond acceptors (Lipinski definition) is 3. The molecule has 2 aliphatic heterocycles. The van der Waals surface area contributed by atoms with Gasteiger partial charge in [-0.2, -0.15) is 0 Å². The van der Waals surface area contributed by atoms with Crippen LogP contribution in [0.1, 0.15) is 32.6 Å². The zero-order valence-corrected chi connectivity index (χ0v) is 10.00. The number of amides is 1. The Hall–Kier alpha value is -0.610. The van der Waals surface area contributed by atoms with Gasteiger partial charge >= 0.3 is 0 Å². The number of hydrogen-bond donors (Lipinski definition) is 2. The van der Waals surface area contributed by atoms with Gasteiger partial charge < -0.3 is 15.4 Å². The van der Waals surface area contributed by atoms with Crippen molar-refractivity contribution in [1.29, 1.82) is 0 Å². The minimum absolute atomic E-state index is 0.0792. The molecule has 4 nitrogen and oxygen atoms in total. The molecule has 0 spiro atoms. The molecule has 0 radical (unpaired) electrons. The first kappa shape index (κ1) is 11.9. The van der Waals surface area contributed by atoms with Crippen LogP contribution >= 0.6 is 0 Å². The standard InChI is InChI=1S/C12H22N2O2/c1-9(10-4-2-6-13-8-10)14-12(15)11-5-3-7-16-11/h9-11,13H,2-8H2,1H3,(H,14,15). The average molecular weight is 226 g/mol. The van der Waals surface area contributed by atoms with Crippen LogP contribution in [0.3, 0.4) is 0 Å². The van der Waals surface area contributed by atoms with Gasteiger partial charge in [0.2, 0.25) is 5.91 Å². The van der Waals surface area contributed by atoms with Crippen LogP contribution in [0, 0.1) is 5.92 Å². The van der Waals surface area contributed by atoms with Gasteiger partial charge in [0.15, 0.2) is 0 Å². The van der Waals surface area contributed by atoms with Crippen LogP contribution in [0.15, 0.2) is 0 Å². The Balaban J connectivity index is 1.76. The largest absolute Gasteiger partial charge is 0.368 e. The van der Waals surface area contributed by atoms with Crippen molar-refractivity contribution in [2.75, 3.05) is 19.7 Å². The molecule has 92 valence electrons. The summed E-state index contributed by atoms with van der Waals surface area (Å²) in [5.41, 5.74) is 0. The lowest BCUT2D eigenvalue weighted by Crippen LogP contribution is -2.47. The highest BCUT2D eigenvalue weighted by Gasteiger charge is 2.27. The van der Waals surface area contributed by atoms with Crippen molar-refractivity contribution in [3.8, 4) is 0 Å². The van der Waals surface area contributed by atoms with E-state index in [9.17, 15) is 4.79 Å². The highest BCUT2D eigenvalue weighted by atomic mass is 16.5. The lowest BCUT2D eigenvalue weighted by Gasteiger charge is -2.29. The highest BCUT2D eigenvalue weighted by molar-refractivity contribution is 5.81. The molecule has 2 fully saturated rings. The first-order valence-corrected chi connectivity index (χ1v) is 6.40. The summed E-state index contributed by atoms with van der Waals surface area (Å²) in [5, 5.41) is 6.46. The lowest BCUT2D eigenvalue weighted by molar-refractivity contribution is -0.131. The first-order chi connectivity index (χ1) is 7.77. The zero-order chi connectivity index (χ0) is 11.4. The summed E-state index contributed by atoms with van der Waals surface area (Å²) in [4.78, 5) is 11.8. The molecular formula is C12H22N2O2. The third-order valence-electron chi connectivity index (χ3n) is 3.63. The molecule has 3 unspecified atom stereocenters. The fourth-order valence-electron chi connectivity index (χ4n) is 2.53. The minimum Gasteiger partial charge on any atom is -0.368 e. The molecule has 0 aromatic heterocycles. The summed E-state index contributed by atoms with van der Waals surface area (Å²) < 4.78 is 5.38.